The summed E-state index contributed by atoms with van der Waals surface area (Å²) in [6.45, 7) is 4.04. The van der Waals surface area contributed by atoms with Crippen LogP contribution in [0.4, 0.5) is 4.39 Å². The first-order valence-electron chi connectivity index (χ1n) is 8.16. The molecule has 0 aliphatic heterocycles. The van der Waals surface area contributed by atoms with Gasteiger partial charge in [0, 0.05) is 23.0 Å². The zero-order chi connectivity index (χ0) is 16.4. The van der Waals surface area contributed by atoms with Crippen LogP contribution in [0, 0.1) is 19.7 Å². The number of hydrogen-bond donors (Lipinski definition) is 0. The summed E-state index contributed by atoms with van der Waals surface area (Å²) in [6, 6.07) is 8.20. The van der Waals surface area contributed by atoms with Gasteiger partial charge in [-0.2, -0.15) is 0 Å². The highest BCUT2D eigenvalue weighted by atomic mass is 19.1. The molecule has 1 fully saturated rings. The number of nitrogens with zero attached hydrogens (tertiary/aromatic N) is 1. The fraction of sp³-hybridized carbons (Fsp3) is 0.421. The van der Waals surface area contributed by atoms with E-state index in [0.717, 1.165) is 17.0 Å². The van der Waals surface area contributed by atoms with Crippen LogP contribution in [0.3, 0.4) is 0 Å². The maximum atomic E-state index is 12.9. The van der Waals surface area contributed by atoms with E-state index < -0.39 is 0 Å². The van der Waals surface area contributed by atoms with Crippen LogP contribution in [-0.2, 0) is 0 Å². The Labute approximate surface area is 136 Å². The third-order valence-electron chi connectivity index (χ3n) is 4.66. The van der Waals surface area contributed by atoms with Crippen molar-refractivity contribution in [3.63, 3.8) is 0 Å². The summed E-state index contributed by atoms with van der Waals surface area (Å²) in [4.78, 5) is 12.5. The first-order chi connectivity index (χ1) is 11.1. The van der Waals surface area contributed by atoms with Crippen LogP contribution in [0.5, 0.6) is 5.75 Å². The van der Waals surface area contributed by atoms with Gasteiger partial charge in [0.2, 0.25) is 5.78 Å². The van der Waals surface area contributed by atoms with E-state index in [1.54, 1.807) is 0 Å². The zero-order valence-electron chi connectivity index (χ0n) is 13.6. The van der Waals surface area contributed by atoms with Crippen molar-refractivity contribution in [3.05, 3.63) is 53.1 Å². The molecule has 3 rings (SSSR count). The highest BCUT2D eigenvalue weighted by Gasteiger charge is 2.23. The lowest BCUT2D eigenvalue weighted by Gasteiger charge is -2.17. The summed E-state index contributed by atoms with van der Waals surface area (Å²) >= 11 is 0. The van der Waals surface area contributed by atoms with E-state index in [0.29, 0.717) is 11.8 Å². The fourth-order valence-corrected chi connectivity index (χ4v) is 3.54. The van der Waals surface area contributed by atoms with Gasteiger partial charge in [0.25, 0.3) is 0 Å². The third-order valence-corrected chi connectivity index (χ3v) is 4.66. The molecule has 1 aromatic heterocycles. The minimum atomic E-state index is -0.316. The number of aryl methyl sites for hydroxylation is 1. The Morgan fingerprint density at radius 3 is 2.52 bits per heavy atom. The molecule has 3 nitrogen and oxygen atoms in total. The maximum absolute atomic E-state index is 12.9. The first-order valence-corrected chi connectivity index (χ1v) is 8.16. The van der Waals surface area contributed by atoms with Crippen molar-refractivity contribution in [2.75, 3.05) is 6.61 Å². The molecular formula is C19H22FNO2. The Hall–Kier alpha value is -2.10. The molecule has 2 aromatic rings. The molecule has 0 amide bonds. The number of carbonyl (C=O) groups excluding carboxylic acids is 1. The second-order valence-electron chi connectivity index (χ2n) is 6.26. The molecule has 1 aliphatic rings. The monoisotopic (exact) mass is 315 g/mol. The standard InChI is InChI=1S/C19H22FNO2/c1-13-11-18(14(2)21(13)16-5-3-4-6-16)19(22)12-23-17-9-7-15(20)8-10-17/h7-11,16H,3-6,12H2,1-2H3. The molecule has 122 valence electrons. The lowest BCUT2D eigenvalue weighted by Crippen LogP contribution is -2.14. The first kappa shape index (κ1) is 15.8. The van der Waals surface area contributed by atoms with E-state index in [2.05, 4.69) is 11.5 Å². The molecule has 0 spiro atoms. The van der Waals surface area contributed by atoms with Gasteiger partial charge in [-0.25, -0.2) is 4.39 Å². The number of rotatable bonds is 5. The summed E-state index contributed by atoms with van der Waals surface area (Å²) in [5, 5.41) is 0. The van der Waals surface area contributed by atoms with E-state index >= 15 is 0 Å². The topological polar surface area (TPSA) is 31.2 Å². The smallest absolute Gasteiger partial charge is 0.202 e. The normalized spacial score (nSPS) is 15.1. The Bertz CT molecular complexity index is 697. The van der Waals surface area contributed by atoms with Crippen LogP contribution in [0.25, 0.3) is 0 Å². The summed E-state index contributed by atoms with van der Waals surface area (Å²) in [6.07, 6.45) is 4.91. The number of Topliss-reactive ketones (excluding diaryl/α,β-unsaturated/α-hetero) is 1. The number of carbonyl (C=O) groups is 1. The fourth-order valence-electron chi connectivity index (χ4n) is 3.54. The van der Waals surface area contributed by atoms with Gasteiger partial charge in [0.1, 0.15) is 11.6 Å². The van der Waals surface area contributed by atoms with Gasteiger partial charge in [0.05, 0.1) is 0 Å². The minimum Gasteiger partial charge on any atom is -0.485 e. The van der Waals surface area contributed by atoms with Gasteiger partial charge in [-0.1, -0.05) is 12.8 Å². The van der Waals surface area contributed by atoms with Crippen molar-refractivity contribution in [1.29, 1.82) is 0 Å². The summed E-state index contributed by atoms with van der Waals surface area (Å²) in [5.74, 6) is 0.153. The van der Waals surface area contributed by atoms with Gasteiger partial charge in [-0.15, -0.1) is 0 Å². The molecule has 1 aliphatic carbocycles. The lowest BCUT2D eigenvalue weighted by molar-refractivity contribution is 0.0920. The number of ether oxygens (including phenoxy) is 1. The molecule has 0 bridgehead atoms. The third kappa shape index (κ3) is 3.31. The van der Waals surface area contributed by atoms with Crippen molar-refractivity contribution >= 4 is 5.78 Å². The molecule has 4 heteroatoms. The van der Waals surface area contributed by atoms with Gasteiger partial charge >= 0.3 is 0 Å². The van der Waals surface area contributed by atoms with Crippen molar-refractivity contribution in [2.24, 2.45) is 0 Å². The van der Waals surface area contributed by atoms with Gasteiger partial charge in [0.15, 0.2) is 6.61 Å². The lowest BCUT2D eigenvalue weighted by atomic mass is 10.1. The summed E-state index contributed by atoms with van der Waals surface area (Å²) in [5.41, 5.74) is 2.90. The van der Waals surface area contributed by atoms with E-state index in [-0.39, 0.29) is 18.2 Å². The SMILES string of the molecule is Cc1cc(C(=O)COc2ccc(F)cc2)c(C)n1C1CCCC1. The van der Waals surface area contributed by atoms with Crippen LogP contribution >= 0.6 is 0 Å². The predicted molar refractivity (Wildman–Crippen MR) is 87.6 cm³/mol. The van der Waals surface area contributed by atoms with E-state index in [9.17, 15) is 9.18 Å². The van der Waals surface area contributed by atoms with Crippen LogP contribution in [0.15, 0.2) is 30.3 Å². The van der Waals surface area contributed by atoms with Crippen molar-refractivity contribution in [3.8, 4) is 5.75 Å². The van der Waals surface area contributed by atoms with Crippen LogP contribution < -0.4 is 4.74 Å². The van der Waals surface area contributed by atoms with Crippen molar-refractivity contribution in [2.45, 2.75) is 45.6 Å². The predicted octanol–water partition coefficient (Wildman–Crippen LogP) is 4.62. The average molecular weight is 315 g/mol. The largest absolute Gasteiger partial charge is 0.485 e. The average Bonchev–Trinajstić information content (AvgIpc) is 3.14. The minimum absolute atomic E-state index is 0.0272. The van der Waals surface area contributed by atoms with Crippen molar-refractivity contribution < 1.29 is 13.9 Å². The maximum Gasteiger partial charge on any atom is 0.202 e. The molecule has 0 radical (unpaired) electrons. The molecular weight excluding hydrogens is 293 g/mol. The van der Waals surface area contributed by atoms with Gasteiger partial charge in [-0.3, -0.25) is 4.79 Å². The molecule has 0 N–H and O–H groups in total. The quantitative estimate of drug-likeness (QED) is 0.754. The zero-order valence-corrected chi connectivity index (χ0v) is 13.6. The number of aromatic nitrogens is 1. The molecule has 0 saturated heterocycles. The van der Waals surface area contributed by atoms with E-state index in [1.165, 1.54) is 49.9 Å². The highest BCUT2D eigenvalue weighted by molar-refractivity contribution is 5.98. The number of benzene rings is 1. The number of halogens is 1. The second-order valence-corrected chi connectivity index (χ2v) is 6.26. The van der Waals surface area contributed by atoms with Crippen LogP contribution in [0.1, 0.15) is 53.5 Å². The number of ketones is 1. The summed E-state index contributed by atoms with van der Waals surface area (Å²) < 4.78 is 20.7. The molecule has 23 heavy (non-hydrogen) atoms. The Morgan fingerprint density at radius 1 is 1.22 bits per heavy atom. The van der Waals surface area contributed by atoms with Gasteiger partial charge < -0.3 is 9.30 Å². The van der Waals surface area contributed by atoms with E-state index in [4.69, 9.17) is 4.74 Å². The molecule has 1 heterocycles. The molecule has 1 saturated carbocycles. The summed E-state index contributed by atoms with van der Waals surface area (Å²) in [7, 11) is 0. The molecule has 0 atom stereocenters. The molecule has 0 unspecified atom stereocenters. The second kappa shape index (κ2) is 6.57. The highest BCUT2D eigenvalue weighted by Crippen LogP contribution is 2.33. The number of hydrogen-bond acceptors (Lipinski definition) is 2. The van der Waals surface area contributed by atoms with E-state index in [1.807, 2.05) is 13.0 Å². The van der Waals surface area contributed by atoms with Crippen LogP contribution in [0.2, 0.25) is 0 Å². The Kier molecular flexibility index (Phi) is 4.51. The Balaban J connectivity index is 1.72. The van der Waals surface area contributed by atoms with Gasteiger partial charge in [-0.05, 0) is 57.0 Å². The van der Waals surface area contributed by atoms with Crippen LogP contribution in [-0.4, -0.2) is 17.0 Å². The Morgan fingerprint density at radius 2 is 1.87 bits per heavy atom. The van der Waals surface area contributed by atoms with Crippen molar-refractivity contribution in [1.82, 2.24) is 4.57 Å². The molecule has 1 aromatic carbocycles.